The Kier molecular flexibility index (Phi) is 29.2. The van der Waals surface area contributed by atoms with Crippen molar-refractivity contribution in [1.82, 2.24) is 15.0 Å². The van der Waals surface area contributed by atoms with E-state index in [-0.39, 0.29) is 19.6 Å². The van der Waals surface area contributed by atoms with Crippen LogP contribution in [0.15, 0.2) is 36.5 Å². The van der Waals surface area contributed by atoms with Crippen LogP contribution in [0.25, 0.3) is 11.3 Å². The fraction of sp³-hybridized carbons (Fsp3) is 0.656. The largest absolute Gasteiger partial charge is 0.463 e. The van der Waals surface area contributed by atoms with Gasteiger partial charge in [0.2, 0.25) is 0 Å². The van der Waals surface area contributed by atoms with Gasteiger partial charge in [0.05, 0.1) is 12.8 Å². The van der Waals surface area contributed by atoms with E-state index < -0.39 is 227 Å². The van der Waals surface area contributed by atoms with Crippen molar-refractivity contribution in [2.24, 2.45) is 0 Å². The molecule has 0 bridgehead atoms. The lowest BCUT2D eigenvalue weighted by molar-refractivity contribution is -0.393. The zero-order valence-electron chi connectivity index (χ0n) is 55.7. The topological polar surface area (TPSA) is 446 Å². The minimum Gasteiger partial charge on any atom is -0.463 e. The number of nitrogens with zero attached hydrogens (tertiary/aromatic N) is 3. The minimum atomic E-state index is -2.32. The van der Waals surface area contributed by atoms with Gasteiger partial charge < -0.3 is 99.5 Å². The molecular weight excluding hydrogens is 1320 g/mol. The molecule has 6 rings (SSSR count). The van der Waals surface area contributed by atoms with Crippen LogP contribution < -0.4 is 0 Å². The van der Waals surface area contributed by atoms with Gasteiger partial charge in [0.1, 0.15) is 68.7 Å². The fourth-order valence-electron chi connectivity index (χ4n) is 10.7. The standard InChI is InChI=1S/C61H79N3O34/c1-27(65)79-23-42-46(83-31(5)69)50(87-35(9)73)54(58(92-42)78-21-17-20-64-22-41(62-63-64)40-18-15-14-16-19-40)98-61-57(91-39(13)77)53(49(86-34(8)72)45(95-61)26-82-30(4)68)97-60-56(90-38(12)76)52(48(85-33(7)71)44(94-60)25-81-29(3)67)96-59-55(89-37(11)75)51(88-36(10)74)47(84-32(6)70)43(93-59)24-80-28(2)66/h14-16,18-19,22,42-61H,17,20-21,23-26H2,1-13H3/t42-,43-,44-,45-,46-,47-,48-,49-,50+,51+,52+,53+,54+,55+,56+,57+,58+,59-,60-,61-/m1/s1. The van der Waals surface area contributed by atoms with E-state index in [0.29, 0.717) is 5.69 Å². The molecular formula is C61H79N3O34. The maximum atomic E-state index is 13.7. The Bertz CT molecular complexity index is 3140. The highest BCUT2D eigenvalue weighted by atomic mass is 16.8. The molecule has 4 saturated heterocycles. The number of hydrogen-bond acceptors (Lipinski definition) is 36. The number of aryl methyl sites for hydroxylation is 1. The van der Waals surface area contributed by atoms with Crippen LogP contribution in [-0.4, -0.2) is 248 Å². The van der Waals surface area contributed by atoms with Gasteiger partial charge in [0, 0.05) is 102 Å². The molecule has 2 aromatic rings. The predicted molar refractivity (Wildman–Crippen MR) is 312 cm³/mol. The lowest BCUT2D eigenvalue weighted by Gasteiger charge is -2.51. The average molecular weight is 1400 g/mol. The summed E-state index contributed by atoms with van der Waals surface area (Å²) >= 11 is 0. The molecule has 4 aliphatic heterocycles. The quantitative estimate of drug-likeness (QED) is 0.0589. The van der Waals surface area contributed by atoms with Crippen LogP contribution in [0.3, 0.4) is 0 Å². The first-order valence-corrected chi connectivity index (χ1v) is 30.5. The molecule has 1 aromatic carbocycles. The Morgan fingerprint density at radius 1 is 0.347 bits per heavy atom. The van der Waals surface area contributed by atoms with E-state index >= 15 is 0 Å². The Morgan fingerprint density at radius 2 is 0.633 bits per heavy atom. The summed E-state index contributed by atoms with van der Waals surface area (Å²) in [6, 6.07) is 9.14. The van der Waals surface area contributed by atoms with E-state index in [4.69, 9.17) is 99.5 Å². The highest BCUT2D eigenvalue weighted by Crippen LogP contribution is 2.40. The van der Waals surface area contributed by atoms with Crippen LogP contribution in [0, 0.1) is 0 Å². The SMILES string of the molecule is CC(=O)OC[C@H]1O[C@H](O[C@@H]2[C@H](OC(C)=O)[C@@H](O[C@@H]3[C@H](OC(C)=O)[C@@H](O[C@@H]4[C@@H](OCCCn5cc(-c6ccccc6)nn5)O[C@H](COC(C)=O)[C@@H](OC(C)=O)[C@@H]4OC(C)=O)O[C@H](COC(C)=O)[C@H]3OC(C)=O)O[C@H](COC(C)=O)[C@H]2OC(C)=O)[C@@H](OC(C)=O)[C@@H](OC(C)=O)[C@@H]1OC(C)=O. The maximum Gasteiger partial charge on any atom is 0.303 e. The molecule has 0 N–H and O–H groups in total. The number of rotatable bonds is 29. The van der Waals surface area contributed by atoms with E-state index in [1.807, 2.05) is 30.3 Å². The van der Waals surface area contributed by atoms with Gasteiger partial charge >= 0.3 is 77.6 Å². The fourth-order valence-corrected chi connectivity index (χ4v) is 10.7. The van der Waals surface area contributed by atoms with E-state index in [1.165, 1.54) is 4.68 Å². The molecule has 37 heteroatoms. The highest BCUT2D eigenvalue weighted by molar-refractivity contribution is 5.71. The molecule has 0 radical (unpaired) electrons. The first-order chi connectivity index (χ1) is 46.3. The van der Waals surface area contributed by atoms with Gasteiger partial charge in [-0.25, -0.2) is 0 Å². The smallest absolute Gasteiger partial charge is 0.303 e. The van der Waals surface area contributed by atoms with Crippen molar-refractivity contribution in [3.05, 3.63) is 36.5 Å². The van der Waals surface area contributed by atoms with Gasteiger partial charge in [-0.3, -0.25) is 67.0 Å². The van der Waals surface area contributed by atoms with Crippen LogP contribution >= 0.6 is 0 Å². The Labute approximate surface area is 559 Å². The average Bonchev–Trinajstić information content (AvgIpc) is 0.828. The number of esters is 13. The molecule has 1 aromatic heterocycles. The maximum absolute atomic E-state index is 13.7. The molecule has 0 unspecified atom stereocenters. The monoisotopic (exact) mass is 1400 g/mol. The Hall–Kier alpha value is -8.85. The van der Waals surface area contributed by atoms with Crippen LogP contribution in [0.5, 0.6) is 0 Å². The molecule has 37 nitrogen and oxygen atoms in total. The second-order valence-electron chi connectivity index (χ2n) is 22.3. The van der Waals surface area contributed by atoms with Crippen molar-refractivity contribution in [2.45, 2.75) is 226 Å². The molecule has 542 valence electrons. The molecule has 5 heterocycles. The molecule has 0 amide bonds. The molecule has 20 atom stereocenters. The van der Waals surface area contributed by atoms with E-state index in [9.17, 15) is 62.3 Å². The summed E-state index contributed by atoms with van der Waals surface area (Å²) in [6.07, 6.45) is -37.4. The van der Waals surface area contributed by atoms with Gasteiger partial charge in [-0.1, -0.05) is 35.5 Å². The van der Waals surface area contributed by atoms with Crippen molar-refractivity contribution < 1.29 is 162 Å². The lowest BCUT2D eigenvalue weighted by atomic mass is 9.94. The number of ether oxygens (including phenoxy) is 21. The van der Waals surface area contributed by atoms with Gasteiger partial charge in [0.25, 0.3) is 0 Å². The number of carbonyl (C=O) groups excluding carboxylic acids is 13. The summed E-state index contributed by atoms with van der Waals surface area (Å²) in [7, 11) is 0. The molecule has 4 aliphatic rings. The van der Waals surface area contributed by atoms with Crippen LogP contribution in [0.2, 0.25) is 0 Å². The zero-order valence-corrected chi connectivity index (χ0v) is 55.7. The number of carbonyl (C=O) groups is 13. The van der Waals surface area contributed by atoms with Crippen LogP contribution in [-0.2, 0) is 168 Å². The normalized spacial score (nSPS) is 29.7. The summed E-state index contributed by atoms with van der Waals surface area (Å²) in [5.41, 5.74) is 1.32. The summed E-state index contributed by atoms with van der Waals surface area (Å²) in [6.45, 7) is 9.20. The van der Waals surface area contributed by atoms with Gasteiger partial charge in [0.15, 0.2) is 86.2 Å². The molecule has 0 saturated carbocycles. The molecule has 0 spiro atoms. The third kappa shape index (κ3) is 23.2. The number of aromatic nitrogens is 3. The van der Waals surface area contributed by atoms with Crippen molar-refractivity contribution >= 4 is 77.6 Å². The third-order valence-corrected chi connectivity index (χ3v) is 14.2. The van der Waals surface area contributed by atoms with Crippen molar-refractivity contribution in [3.63, 3.8) is 0 Å². The molecule has 4 fully saturated rings. The third-order valence-electron chi connectivity index (χ3n) is 14.2. The summed E-state index contributed by atoms with van der Waals surface area (Å²) in [5, 5.41) is 8.43. The number of hydrogen-bond donors (Lipinski definition) is 0. The first-order valence-electron chi connectivity index (χ1n) is 30.5. The van der Waals surface area contributed by atoms with Crippen molar-refractivity contribution in [2.75, 3.05) is 33.0 Å². The van der Waals surface area contributed by atoms with Crippen LogP contribution in [0.4, 0.5) is 0 Å². The van der Waals surface area contributed by atoms with Gasteiger partial charge in [-0.15, -0.1) is 5.10 Å². The zero-order chi connectivity index (χ0) is 72.2. The highest BCUT2D eigenvalue weighted by Gasteiger charge is 2.62. The lowest BCUT2D eigenvalue weighted by Crippen LogP contribution is -2.70. The second-order valence-corrected chi connectivity index (χ2v) is 22.3. The molecule has 0 aliphatic carbocycles. The van der Waals surface area contributed by atoms with E-state index in [2.05, 4.69) is 10.3 Å². The second kappa shape index (κ2) is 36.7. The summed E-state index contributed by atoms with van der Waals surface area (Å²) in [4.78, 5) is 169. The number of benzene rings is 1. The Balaban J connectivity index is 1.54. The van der Waals surface area contributed by atoms with Crippen LogP contribution in [0.1, 0.15) is 96.4 Å². The van der Waals surface area contributed by atoms with Crippen molar-refractivity contribution in [1.29, 1.82) is 0 Å². The van der Waals surface area contributed by atoms with Gasteiger partial charge in [-0.05, 0) is 6.42 Å². The minimum absolute atomic E-state index is 0.144. The van der Waals surface area contributed by atoms with Gasteiger partial charge in [-0.2, -0.15) is 0 Å². The summed E-state index contributed by atoms with van der Waals surface area (Å²) < 4.78 is 127. The first kappa shape index (κ1) is 78.1. The molecule has 98 heavy (non-hydrogen) atoms. The Morgan fingerprint density at radius 3 is 0.969 bits per heavy atom. The predicted octanol–water partition coefficient (Wildman–Crippen LogP) is 0.0447. The van der Waals surface area contributed by atoms with E-state index in [1.54, 1.807) is 6.20 Å². The van der Waals surface area contributed by atoms with Crippen molar-refractivity contribution in [3.8, 4) is 11.3 Å². The summed E-state index contributed by atoms with van der Waals surface area (Å²) in [5.74, 6) is -13.4. The van der Waals surface area contributed by atoms with E-state index in [0.717, 1.165) is 95.6 Å².